The maximum Gasteiger partial charge on any atom is 0.164 e. The quantitative estimate of drug-likeness (QED) is 0.176. The second kappa shape index (κ2) is 13.3. The van der Waals surface area contributed by atoms with E-state index in [-0.39, 0.29) is 5.41 Å². The molecule has 1 saturated carbocycles. The summed E-state index contributed by atoms with van der Waals surface area (Å²) in [5, 5.41) is 11.9. The number of nitriles is 1. The van der Waals surface area contributed by atoms with Crippen LogP contribution in [0.4, 0.5) is 0 Å². The smallest absolute Gasteiger partial charge is 0.164 e. The Hall–Kier alpha value is -7.16. The third kappa shape index (κ3) is 5.48. The standard InChI is InChI=1S/C52H36N4O/c53-32-33-16-26-42-45(30-33)52(28-7-2-8-29-52)44-14-9-13-40(48(42)44)36-21-17-34(18-22-36)35-19-23-38(24-20-35)50-54-49(37-10-3-1-4-11-37)55-51(56-50)39-25-27-47-43(31-39)41-12-5-6-15-46(41)57-47/h1,3-6,9-27,30-31H,2,7-8,28-29H2. The van der Waals surface area contributed by atoms with E-state index < -0.39 is 0 Å². The van der Waals surface area contributed by atoms with Crippen molar-refractivity contribution in [1.82, 2.24) is 15.0 Å². The molecule has 0 N–H and O–H groups in total. The Labute approximate surface area is 331 Å². The lowest BCUT2D eigenvalue weighted by atomic mass is 9.67. The van der Waals surface area contributed by atoms with Crippen LogP contribution >= 0.6 is 0 Å². The van der Waals surface area contributed by atoms with E-state index in [1.807, 2.05) is 66.7 Å². The van der Waals surface area contributed by atoms with Crippen LogP contribution in [-0.2, 0) is 5.41 Å². The zero-order valence-electron chi connectivity index (χ0n) is 31.2. The Balaban J connectivity index is 0.938. The first-order valence-corrected chi connectivity index (χ1v) is 19.8. The predicted octanol–water partition coefficient (Wildman–Crippen LogP) is 13.2. The molecule has 2 aliphatic carbocycles. The minimum Gasteiger partial charge on any atom is -0.456 e. The lowest BCUT2D eigenvalue weighted by Crippen LogP contribution is -2.28. The van der Waals surface area contributed by atoms with Crippen LogP contribution in [0.5, 0.6) is 0 Å². The van der Waals surface area contributed by atoms with E-state index in [9.17, 15) is 5.26 Å². The predicted molar refractivity (Wildman–Crippen MR) is 228 cm³/mol. The summed E-state index contributed by atoms with van der Waals surface area (Å²) in [6, 6.07) is 57.3. The molecule has 5 nitrogen and oxygen atoms in total. The van der Waals surface area contributed by atoms with E-state index in [1.165, 1.54) is 52.6 Å². The average Bonchev–Trinajstić information content (AvgIpc) is 3.79. The normalized spacial score (nSPS) is 14.1. The van der Waals surface area contributed by atoms with Crippen LogP contribution in [0.25, 0.3) is 89.5 Å². The zero-order chi connectivity index (χ0) is 37.9. The average molecular weight is 733 g/mol. The number of nitrogens with zero attached hydrogens (tertiary/aromatic N) is 4. The van der Waals surface area contributed by atoms with Gasteiger partial charge in [-0.05, 0) is 93.7 Å². The van der Waals surface area contributed by atoms with Crippen molar-refractivity contribution < 1.29 is 4.42 Å². The van der Waals surface area contributed by atoms with Gasteiger partial charge in [-0.3, -0.25) is 0 Å². The summed E-state index contributed by atoms with van der Waals surface area (Å²) in [5.41, 5.74) is 15.3. The summed E-state index contributed by atoms with van der Waals surface area (Å²) >= 11 is 0. The molecule has 5 heteroatoms. The summed E-state index contributed by atoms with van der Waals surface area (Å²) in [5.74, 6) is 1.86. The van der Waals surface area contributed by atoms with Crippen LogP contribution in [-0.4, -0.2) is 15.0 Å². The van der Waals surface area contributed by atoms with Gasteiger partial charge >= 0.3 is 0 Å². The molecule has 0 unspecified atom stereocenters. The fourth-order valence-electron chi connectivity index (χ4n) is 9.42. The number of aromatic nitrogens is 3. The van der Waals surface area contributed by atoms with Gasteiger partial charge in [0.15, 0.2) is 17.5 Å². The van der Waals surface area contributed by atoms with Gasteiger partial charge in [0, 0.05) is 32.9 Å². The molecule has 0 saturated heterocycles. The topological polar surface area (TPSA) is 75.6 Å². The molecule has 2 aromatic heterocycles. The Morgan fingerprint density at radius 1 is 0.456 bits per heavy atom. The number of benzene rings is 7. The van der Waals surface area contributed by atoms with Gasteiger partial charge in [0.1, 0.15) is 11.2 Å². The van der Waals surface area contributed by atoms with Crippen LogP contribution < -0.4 is 0 Å². The second-order valence-corrected chi connectivity index (χ2v) is 15.4. The highest BCUT2D eigenvalue weighted by Crippen LogP contribution is 2.58. The number of furan rings is 1. The van der Waals surface area contributed by atoms with Gasteiger partial charge in [-0.15, -0.1) is 0 Å². The highest BCUT2D eigenvalue weighted by Gasteiger charge is 2.44. The van der Waals surface area contributed by atoms with Gasteiger partial charge in [-0.2, -0.15) is 5.26 Å². The Bertz CT molecular complexity index is 3040. The number of hydrogen-bond acceptors (Lipinski definition) is 5. The third-order valence-corrected chi connectivity index (χ3v) is 12.2. The highest BCUT2D eigenvalue weighted by molar-refractivity contribution is 6.06. The van der Waals surface area contributed by atoms with E-state index >= 15 is 0 Å². The summed E-state index contributed by atoms with van der Waals surface area (Å²) in [6.07, 6.45) is 5.99. The molecule has 57 heavy (non-hydrogen) atoms. The Morgan fingerprint density at radius 3 is 1.81 bits per heavy atom. The second-order valence-electron chi connectivity index (χ2n) is 15.4. The van der Waals surface area contributed by atoms with Crippen LogP contribution in [0.1, 0.15) is 48.8 Å². The van der Waals surface area contributed by atoms with Crippen molar-refractivity contribution in [3.05, 3.63) is 174 Å². The molecule has 9 aromatic rings. The summed E-state index contributed by atoms with van der Waals surface area (Å²) in [4.78, 5) is 15.0. The number of fused-ring (bicyclic) bond motifs is 8. The van der Waals surface area contributed by atoms with Crippen molar-refractivity contribution in [2.45, 2.75) is 37.5 Å². The van der Waals surface area contributed by atoms with Crippen LogP contribution in [0, 0.1) is 11.3 Å². The monoisotopic (exact) mass is 732 g/mol. The van der Waals surface area contributed by atoms with Gasteiger partial charge < -0.3 is 4.42 Å². The zero-order valence-corrected chi connectivity index (χ0v) is 31.2. The maximum absolute atomic E-state index is 9.79. The molecule has 2 heterocycles. The number of para-hydroxylation sites is 1. The van der Waals surface area contributed by atoms with Crippen molar-refractivity contribution in [2.75, 3.05) is 0 Å². The molecule has 0 radical (unpaired) electrons. The van der Waals surface area contributed by atoms with Gasteiger partial charge in [-0.1, -0.05) is 141 Å². The molecule has 2 aliphatic rings. The Morgan fingerprint density at radius 2 is 1.07 bits per heavy atom. The van der Waals surface area contributed by atoms with E-state index in [0.717, 1.165) is 68.2 Å². The van der Waals surface area contributed by atoms with E-state index in [1.54, 1.807) is 0 Å². The molecular weight excluding hydrogens is 697 g/mol. The van der Waals surface area contributed by atoms with Crippen LogP contribution in [0.3, 0.4) is 0 Å². The Kier molecular flexibility index (Phi) is 7.72. The molecule has 1 spiro atoms. The molecular formula is C52H36N4O. The summed E-state index contributed by atoms with van der Waals surface area (Å²) < 4.78 is 6.10. The van der Waals surface area contributed by atoms with Crippen molar-refractivity contribution in [3.63, 3.8) is 0 Å². The fourth-order valence-corrected chi connectivity index (χ4v) is 9.42. The van der Waals surface area contributed by atoms with E-state index in [2.05, 4.69) is 97.1 Å². The summed E-state index contributed by atoms with van der Waals surface area (Å²) in [6.45, 7) is 0. The molecule has 11 rings (SSSR count). The van der Waals surface area contributed by atoms with E-state index in [0.29, 0.717) is 17.5 Å². The van der Waals surface area contributed by atoms with Crippen molar-refractivity contribution in [2.24, 2.45) is 0 Å². The number of hydrogen-bond donors (Lipinski definition) is 0. The molecule has 0 aliphatic heterocycles. The molecule has 1 fully saturated rings. The first-order valence-electron chi connectivity index (χ1n) is 19.8. The van der Waals surface area contributed by atoms with Crippen molar-refractivity contribution in [1.29, 1.82) is 5.26 Å². The molecule has 7 aromatic carbocycles. The minimum absolute atomic E-state index is 0.00305. The van der Waals surface area contributed by atoms with Gasteiger partial charge in [0.2, 0.25) is 0 Å². The first kappa shape index (κ1) is 33.2. The fraction of sp³-hybridized carbons (Fsp3) is 0.115. The van der Waals surface area contributed by atoms with Gasteiger partial charge in [0.25, 0.3) is 0 Å². The molecule has 270 valence electrons. The molecule has 0 atom stereocenters. The van der Waals surface area contributed by atoms with Crippen molar-refractivity contribution in [3.8, 4) is 73.6 Å². The lowest BCUT2D eigenvalue weighted by molar-refractivity contribution is 0.353. The summed E-state index contributed by atoms with van der Waals surface area (Å²) in [7, 11) is 0. The number of rotatable bonds is 5. The largest absolute Gasteiger partial charge is 0.456 e. The van der Waals surface area contributed by atoms with Gasteiger partial charge in [-0.25, -0.2) is 15.0 Å². The third-order valence-electron chi connectivity index (χ3n) is 12.2. The molecule has 0 amide bonds. The van der Waals surface area contributed by atoms with Gasteiger partial charge in [0.05, 0.1) is 11.6 Å². The minimum atomic E-state index is -0.00305. The SMILES string of the molecule is N#Cc1ccc2c(c1)C1(CCCCC1)c1cccc(-c3ccc(-c4ccc(-c5nc(-c6ccccc6)nc(-c6ccc7oc8ccccc8c7c6)n5)cc4)cc3)c1-2. The maximum atomic E-state index is 9.79. The lowest BCUT2D eigenvalue weighted by Gasteiger charge is -2.36. The van der Waals surface area contributed by atoms with E-state index in [4.69, 9.17) is 19.4 Å². The van der Waals surface area contributed by atoms with Crippen molar-refractivity contribution >= 4 is 21.9 Å². The molecule has 0 bridgehead atoms. The van der Waals surface area contributed by atoms with Crippen LogP contribution in [0.15, 0.2) is 162 Å². The highest BCUT2D eigenvalue weighted by atomic mass is 16.3. The first-order chi connectivity index (χ1) is 28.1. The van der Waals surface area contributed by atoms with Crippen LogP contribution in [0.2, 0.25) is 0 Å².